The number of carbonyl (C=O) groups excluding carboxylic acids is 2. The van der Waals surface area contributed by atoms with E-state index in [-0.39, 0.29) is 45.1 Å². The molecule has 5 fully saturated rings. The Morgan fingerprint density at radius 2 is 1.55 bits per heavy atom. The smallest absolute Gasteiger partial charge is 0.302 e. The van der Waals surface area contributed by atoms with Crippen LogP contribution in [0.5, 0.6) is 0 Å². The standard InChI is InChI=1S/C41H63N2O4/c1-27(25-43-23-16-30(17-24-43)42(9)10)31-13-20-41(26-46-28(2)44)22-21-39(7)32(36(31)41)11-12-34-38(6)18-15-35(47-29(3)45)37(4,5)33(38)14-19-40(34,39)8/h16-17,23-24,31-36H,1,11-15,18-22,25-26H2,2-10H3/q+1/t31-,32+,33-,34?,35?,36+,38-,39+,40+,41+/m0/s1. The molecule has 5 aliphatic carbocycles. The fraction of sp³-hybridized carbons (Fsp3) is 0.780. The Morgan fingerprint density at radius 3 is 2.19 bits per heavy atom. The molecule has 5 aliphatic rings. The van der Waals surface area contributed by atoms with Gasteiger partial charge in [0.25, 0.3) is 0 Å². The van der Waals surface area contributed by atoms with Gasteiger partial charge in [-0.15, -0.1) is 0 Å². The van der Waals surface area contributed by atoms with Gasteiger partial charge in [0, 0.05) is 56.6 Å². The number of allylic oxidation sites excluding steroid dienone is 1. The maximum absolute atomic E-state index is 12.2. The molecule has 0 radical (unpaired) electrons. The molecule has 0 saturated heterocycles. The summed E-state index contributed by atoms with van der Waals surface area (Å²) in [6.45, 7) is 22.0. The minimum atomic E-state index is -0.154. The molecule has 6 nitrogen and oxygen atoms in total. The van der Waals surface area contributed by atoms with Crippen molar-refractivity contribution in [3.05, 3.63) is 36.7 Å². The number of aromatic nitrogens is 1. The molecule has 0 aromatic carbocycles. The normalized spacial score (nSPS) is 41.8. The van der Waals surface area contributed by atoms with E-state index in [4.69, 9.17) is 16.1 Å². The van der Waals surface area contributed by atoms with Crippen LogP contribution in [0.15, 0.2) is 36.7 Å². The van der Waals surface area contributed by atoms with Crippen LogP contribution in [-0.4, -0.2) is 38.7 Å². The lowest BCUT2D eigenvalue weighted by molar-refractivity contribution is -0.689. The van der Waals surface area contributed by atoms with Gasteiger partial charge in [0.15, 0.2) is 18.9 Å². The molecule has 1 aromatic heterocycles. The Bertz CT molecular complexity index is 1390. The van der Waals surface area contributed by atoms with Gasteiger partial charge in [-0.05, 0) is 116 Å². The lowest BCUT2D eigenvalue weighted by Gasteiger charge is -2.73. The van der Waals surface area contributed by atoms with Crippen molar-refractivity contribution in [2.75, 3.05) is 25.6 Å². The third kappa shape index (κ3) is 5.37. The van der Waals surface area contributed by atoms with Crippen LogP contribution in [0.25, 0.3) is 0 Å². The van der Waals surface area contributed by atoms with E-state index in [9.17, 15) is 9.59 Å². The van der Waals surface area contributed by atoms with Gasteiger partial charge in [-0.1, -0.05) is 41.2 Å². The minimum absolute atomic E-state index is 0.00754. The minimum Gasteiger partial charge on any atom is -0.465 e. The first-order valence-electron chi connectivity index (χ1n) is 18.6. The molecular weight excluding hydrogens is 584 g/mol. The summed E-state index contributed by atoms with van der Waals surface area (Å²) >= 11 is 0. The van der Waals surface area contributed by atoms with Crippen LogP contribution >= 0.6 is 0 Å². The van der Waals surface area contributed by atoms with E-state index < -0.39 is 0 Å². The van der Waals surface area contributed by atoms with Crippen molar-refractivity contribution in [1.29, 1.82) is 0 Å². The van der Waals surface area contributed by atoms with E-state index in [1.54, 1.807) is 13.8 Å². The van der Waals surface area contributed by atoms with Crippen molar-refractivity contribution in [1.82, 2.24) is 0 Å². The average molecular weight is 648 g/mol. The highest BCUT2D eigenvalue weighted by molar-refractivity contribution is 5.66. The van der Waals surface area contributed by atoms with Crippen molar-refractivity contribution in [2.24, 2.45) is 56.7 Å². The van der Waals surface area contributed by atoms with E-state index in [2.05, 4.69) is 82.7 Å². The van der Waals surface area contributed by atoms with E-state index in [0.29, 0.717) is 36.2 Å². The van der Waals surface area contributed by atoms with E-state index in [1.165, 1.54) is 43.4 Å². The van der Waals surface area contributed by atoms with Gasteiger partial charge >= 0.3 is 11.9 Å². The number of ether oxygens (including phenoxy) is 2. The van der Waals surface area contributed by atoms with E-state index in [1.807, 2.05) is 0 Å². The van der Waals surface area contributed by atoms with Gasteiger partial charge in [-0.3, -0.25) is 9.59 Å². The second kappa shape index (κ2) is 11.9. The summed E-state index contributed by atoms with van der Waals surface area (Å²) in [6.07, 6.45) is 16.1. The van der Waals surface area contributed by atoms with Crippen LogP contribution in [-0.2, 0) is 25.6 Å². The summed E-state index contributed by atoms with van der Waals surface area (Å²) < 4.78 is 14.2. The number of hydrogen-bond acceptors (Lipinski definition) is 5. The number of rotatable bonds is 7. The maximum Gasteiger partial charge on any atom is 0.302 e. The van der Waals surface area contributed by atoms with Crippen LogP contribution in [0.4, 0.5) is 5.69 Å². The third-order valence-corrected chi connectivity index (χ3v) is 15.7. The fourth-order valence-electron chi connectivity index (χ4n) is 13.3. The number of nitrogens with zero attached hydrogens (tertiary/aromatic N) is 2. The summed E-state index contributed by atoms with van der Waals surface area (Å²) in [7, 11) is 4.16. The largest absolute Gasteiger partial charge is 0.465 e. The molecule has 47 heavy (non-hydrogen) atoms. The molecule has 260 valence electrons. The highest BCUT2D eigenvalue weighted by atomic mass is 16.5. The molecule has 10 atom stereocenters. The van der Waals surface area contributed by atoms with Crippen molar-refractivity contribution >= 4 is 17.6 Å². The first-order chi connectivity index (χ1) is 22.0. The lowest BCUT2D eigenvalue weighted by atomic mass is 9.32. The fourth-order valence-corrected chi connectivity index (χ4v) is 13.3. The number of fused-ring (bicyclic) bond motifs is 7. The average Bonchev–Trinajstić information content (AvgIpc) is 3.38. The topological polar surface area (TPSA) is 59.7 Å². The molecular formula is C41H63N2O4+. The van der Waals surface area contributed by atoms with Gasteiger partial charge in [0.2, 0.25) is 0 Å². The summed E-state index contributed by atoms with van der Waals surface area (Å²) in [6, 6.07) is 4.37. The van der Waals surface area contributed by atoms with Gasteiger partial charge in [0.1, 0.15) is 6.10 Å². The number of carbonyl (C=O) groups is 2. The molecule has 0 aliphatic heterocycles. The Kier molecular flexibility index (Phi) is 8.73. The van der Waals surface area contributed by atoms with Crippen molar-refractivity contribution in [3.8, 4) is 0 Å². The first kappa shape index (κ1) is 34.5. The summed E-state index contributed by atoms with van der Waals surface area (Å²) in [5, 5.41) is 0. The van der Waals surface area contributed by atoms with Crippen molar-refractivity contribution < 1.29 is 23.6 Å². The molecule has 0 bridgehead atoms. The van der Waals surface area contributed by atoms with Crippen molar-refractivity contribution in [3.63, 3.8) is 0 Å². The molecule has 0 spiro atoms. The Hall–Kier alpha value is -2.37. The number of esters is 2. The van der Waals surface area contributed by atoms with E-state index in [0.717, 1.165) is 38.6 Å². The first-order valence-corrected chi connectivity index (χ1v) is 18.6. The quantitative estimate of drug-likeness (QED) is 0.170. The van der Waals surface area contributed by atoms with Gasteiger partial charge in [0.05, 0.1) is 6.61 Å². The Morgan fingerprint density at radius 1 is 0.851 bits per heavy atom. The zero-order valence-corrected chi connectivity index (χ0v) is 31.0. The monoisotopic (exact) mass is 647 g/mol. The summed E-state index contributed by atoms with van der Waals surface area (Å²) in [5.74, 6) is 2.41. The molecule has 1 aromatic rings. The Balaban J connectivity index is 1.31. The molecule has 5 saturated carbocycles. The molecule has 2 unspecified atom stereocenters. The van der Waals surface area contributed by atoms with Crippen LogP contribution in [0, 0.1) is 56.7 Å². The van der Waals surface area contributed by atoms with Gasteiger partial charge in [-0.25, -0.2) is 4.57 Å². The maximum atomic E-state index is 12.2. The van der Waals surface area contributed by atoms with Gasteiger partial charge in [-0.2, -0.15) is 0 Å². The predicted molar refractivity (Wildman–Crippen MR) is 186 cm³/mol. The second-order valence-corrected chi connectivity index (χ2v) is 18.2. The highest BCUT2D eigenvalue weighted by Crippen LogP contribution is 2.77. The molecule has 0 amide bonds. The number of pyridine rings is 1. The zero-order chi connectivity index (χ0) is 34.2. The Labute approximate surface area is 285 Å². The van der Waals surface area contributed by atoms with E-state index >= 15 is 0 Å². The van der Waals surface area contributed by atoms with Crippen LogP contribution < -0.4 is 9.47 Å². The SMILES string of the molecule is C=C(C[n+]1ccc(N(C)C)cc1)[C@@H]1CC[C@]2(COC(C)=O)CC[C@]3(C)[C@H](CCC4[C@@]5(C)CCC(OC(C)=O)C(C)(C)[C@@H]5CC[C@]43C)[C@@H]12. The lowest BCUT2D eigenvalue weighted by Crippen LogP contribution is -2.67. The van der Waals surface area contributed by atoms with Crippen LogP contribution in [0.1, 0.15) is 113 Å². The highest BCUT2D eigenvalue weighted by Gasteiger charge is 2.71. The zero-order valence-electron chi connectivity index (χ0n) is 31.0. The number of hydrogen-bond donors (Lipinski definition) is 0. The molecule has 6 heteroatoms. The van der Waals surface area contributed by atoms with Gasteiger partial charge < -0.3 is 14.4 Å². The predicted octanol–water partition coefficient (Wildman–Crippen LogP) is 8.17. The van der Waals surface area contributed by atoms with Crippen LogP contribution in [0.3, 0.4) is 0 Å². The summed E-state index contributed by atoms with van der Waals surface area (Å²) in [4.78, 5) is 26.4. The van der Waals surface area contributed by atoms with Crippen molar-refractivity contribution in [2.45, 2.75) is 125 Å². The molecule has 6 rings (SSSR count). The molecule has 1 heterocycles. The summed E-state index contributed by atoms with van der Waals surface area (Å²) in [5.41, 5.74) is 3.24. The third-order valence-electron chi connectivity index (χ3n) is 15.7. The molecule has 0 N–H and O–H groups in total. The van der Waals surface area contributed by atoms with Crippen LogP contribution in [0.2, 0.25) is 0 Å². The second-order valence-electron chi connectivity index (χ2n) is 18.2. The number of anilines is 1.